The summed E-state index contributed by atoms with van der Waals surface area (Å²) in [7, 11) is 2.02. The molecule has 0 N–H and O–H groups in total. The molecule has 0 unspecified atom stereocenters. The van der Waals surface area contributed by atoms with E-state index in [1.165, 1.54) is 0 Å². The average molecular weight is 305 g/mol. The molecule has 0 amide bonds. The van der Waals surface area contributed by atoms with Crippen LogP contribution in [0.4, 0.5) is 0 Å². The molecule has 22 heavy (non-hydrogen) atoms. The van der Waals surface area contributed by atoms with Crippen LogP contribution in [0.15, 0.2) is 66.0 Å². The van der Waals surface area contributed by atoms with E-state index >= 15 is 0 Å². The van der Waals surface area contributed by atoms with Gasteiger partial charge in [-0.05, 0) is 17.2 Å². The molecule has 108 valence electrons. The summed E-state index contributed by atoms with van der Waals surface area (Å²) in [6.07, 6.45) is 1.90. The highest BCUT2D eigenvalue weighted by molar-refractivity contribution is 7.98. The molecule has 3 nitrogen and oxygen atoms in total. The van der Waals surface area contributed by atoms with Gasteiger partial charge in [0.25, 0.3) is 0 Å². The number of nitrogens with zero attached hydrogens (tertiary/aromatic N) is 3. The quantitative estimate of drug-likeness (QED) is 0.677. The van der Waals surface area contributed by atoms with E-state index in [2.05, 4.69) is 27.8 Å². The molecule has 0 aliphatic rings. The minimum Gasteiger partial charge on any atom is -0.322 e. The molecular weight excluding hydrogens is 290 g/mol. The van der Waals surface area contributed by atoms with Crippen molar-refractivity contribution in [3.05, 3.63) is 71.9 Å². The van der Waals surface area contributed by atoms with Crippen molar-refractivity contribution in [2.24, 2.45) is 7.05 Å². The Bertz CT molecular complexity index is 816. The highest BCUT2D eigenvalue weighted by Gasteiger charge is 2.10. The minimum atomic E-state index is 0.729. The lowest BCUT2D eigenvalue weighted by molar-refractivity contribution is 0.796. The van der Waals surface area contributed by atoms with Crippen LogP contribution in [0.1, 0.15) is 11.1 Å². The zero-order chi connectivity index (χ0) is 15.4. The Morgan fingerprint density at radius 3 is 2.59 bits per heavy atom. The maximum atomic E-state index is 9.14. The van der Waals surface area contributed by atoms with Gasteiger partial charge in [0, 0.05) is 12.8 Å². The Kier molecular flexibility index (Phi) is 4.27. The molecule has 3 rings (SSSR count). The van der Waals surface area contributed by atoms with Crippen LogP contribution in [0, 0.1) is 11.3 Å². The first-order valence-electron chi connectivity index (χ1n) is 6.97. The molecule has 0 atom stereocenters. The fourth-order valence-electron chi connectivity index (χ4n) is 2.30. The van der Waals surface area contributed by atoms with Crippen LogP contribution in [0.5, 0.6) is 0 Å². The summed E-state index contributed by atoms with van der Waals surface area (Å²) in [5.74, 6) is 0.739. The molecule has 0 aliphatic carbocycles. The van der Waals surface area contributed by atoms with Crippen molar-refractivity contribution >= 4 is 11.8 Å². The Hall–Kier alpha value is -2.51. The number of hydrogen-bond donors (Lipinski definition) is 0. The standard InChI is InChI=1S/C18H15N3S/c1-21-17(14-7-3-2-4-8-14)12-20-18(21)22-13-16-10-6-5-9-15(16)11-19/h2-10,12H,13H2,1H3. The second-order valence-corrected chi connectivity index (χ2v) is 5.85. The lowest BCUT2D eigenvalue weighted by Gasteiger charge is -2.06. The van der Waals surface area contributed by atoms with Gasteiger partial charge in [-0.3, -0.25) is 0 Å². The van der Waals surface area contributed by atoms with Crippen molar-refractivity contribution in [2.75, 3.05) is 0 Å². The van der Waals surface area contributed by atoms with Crippen molar-refractivity contribution in [2.45, 2.75) is 10.9 Å². The Morgan fingerprint density at radius 1 is 1.09 bits per heavy atom. The van der Waals surface area contributed by atoms with E-state index in [0.29, 0.717) is 0 Å². The lowest BCUT2D eigenvalue weighted by Crippen LogP contribution is -1.95. The number of nitriles is 1. The summed E-state index contributed by atoms with van der Waals surface area (Å²) in [6, 6.07) is 20.2. The fourth-order valence-corrected chi connectivity index (χ4v) is 3.26. The maximum absolute atomic E-state index is 9.14. The van der Waals surface area contributed by atoms with Gasteiger partial charge in [0.2, 0.25) is 0 Å². The van der Waals surface area contributed by atoms with E-state index in [0.717, 1.165) is 33.3 Å². The summed E-state index contributed by atoms with van der Waals surface area (Å²) < 4.78 is 2.09. The molecule has 4 heteroatoms. The van der Waals surface area contributed by atoms with Crippen LogP contribution in [0.2, 0.25) is 0 Å². The number of rotatable bonds is 4. The first kappa shape index (κ1) is 14.4. The summed E-state index contributed by atoms with van der Waals surface area (Å²) >= 11 is 1.65. The van der Waals surface area contributed by atoms with Crippen molar-refractivity contribution in [1.82, 2.24) is 9.55 Å². The highest BCUT2D eigenvalue weighted by Crippen LogP contribution is 2.27. The van der Waals surface area contributed by atoms with Gasteiger partial charge in [-0.15, -0.1) is 0 Å². The molecule has 1 aromatic heterocycles. The molecule has 0 radical (unpaired) electrons. The topological polar surface area (TPSA) is 41.6 Å². The van der Waals surface area contributed by atoms with Gasteiger partial charge in [-0.25, -0.2) is 4.98 Å². The Labute approximate surface area is 134 Å². The number of thioether (sulfide) groups is 1. The summed E-state index contributed by atoms with van der Waals surface area (Å²) in [5, 5.41) is 10.1. The van der Waals surface area contributed by atoms with Gasteiger partial charge >= 0.3 is 0 Å². The predicted octanol–water partition coefficient (Wildman–Crippen LogP) is 4.25. The van der Waals surface area contributed by atoms with E-state index in [-0.39, 0.29) is 0 Å². The second kappa shape index (κ2) is 6.50. The van der Waals surface area contributed by atoms with Crippen LogP contribution < -0.4 is 0 Å². The van der Waals surface area contributed by atoms with Crippen LogP contribution in [0.3, 0.4) is 0 Å². The number of imidazole rings is 1. The van der Waals surface area contributed by atoms with Gasteiger partial charge in [-0.2, -0.15) is 5.26 Å². The molecule has 0 bridgehead atoms. The molecular formula is C18H15N3S. The Balaban J connectivity index is 1.80. The zero-order valence-electron chi connectivity index (χ0n) is 12.2. The second-order valence-electron chi connectivity index (χ2n) is 4.91. The normalized spacial score (nSPS) is 10.4. The smallest absolute Gasteiger partial charge is 0.168 e. The van der Waals surface area contributed by atoms with E-state index in [1.807, 2.05) is 55.7 Å². The number of benzene rings is 2. The molecule has 0 aliphatic heterocycles. The summed E-state index contributed by atoms with van der Waals surface area (Å²) in [6.45, 7) is 0. The van der Waals surface area contributed by atoms with Crippen LogP contribution in [-0.2, 0) is 12.8 Å². The van der Waals surface area contributed by atoms with Crippen LogP contribution in [0.25, 0.3) is 11.3 Å². The molecule has 1 heterocycles. The van der Waals surface area contributed by atoms with Crippen LogP contribution in [-0.4, -0.2) is 9.55 Å². The third-order valence-corrected chi connectivity index (χ3v) is 4.60. The van der Waals surface area contributed by atoms with Gasteiger partial charge in [0.05, 0.1) is 23.5 Å². The highest BCUT2D eigenvalue weighted by atomic mass is 32.2. The Morgan fingerprint density at radius 2 is 1.82 bits per heavy atom. The number of aromatic nitrogens is 2. The van der Waals surface area contributed by atoms with Gasteiger partial charge in [0.1, 0.15) is 0 Å². The third kappa shape index (κ3) is 2.90. The molecule has 3 aromatic rings. The monoisotopic (exact) mass is 305 g/mol. The molecule has 0 fully saturated rings. The molecule has 0 spiro atoms. The first-order chi connectivity index (χ1) is 10.8. The van der Waals surface area contributed by atoms with E-state index < -0.39 is 0 Å². The van der Waals surface area contributed by atoms with Crippen molar-refractivity contribution in [3.63, 3.8) is 0 Å². The summed E-state index contributed by atoms with van der Waals surface area (Å²) in [5.41, 5.74) is 4.02. The molecule has 2 aromatic carbocycles. The molecule has 0 saturated heterocycles. The van der Waals surface area contributed by atoms with Crippen LogP contribution >= 0.6 is 11.8 Å². The molecule has 0 saturated carbocycles. The third-order valence-electron chi connectivity index (χ3n) is 3.51. The van der Waals surface area contributed by atoms with E-state index in [1.54, 1.807) is 11.8 Å². The lowest BCUT2D eigenvalue weighted by atomic mass is 10.1. The fraction of sp³-hybridized carbons (Fsp3) is 0.111. The van der Waals surface area contributed by atoms with Crippen molar-refractivity contribution in [3.8, 4) is 17.3 Å². The van der Waals surface area contributed by atoms with Gasteiger partial charge in [-0.1, -0.05) is 60.3 Å². The van der Waals surface area contributed by atoms with Crippen molar-refractivity contribution in [1.29, 1.82) is 5.26 Å². The first-order valence-corrected chi connectivity index (χ1v) is 7.96. The minimum absolute atomic E-state index is 0.729. The number of hydrogen-bond acceptors (Lipinski definition) is 3. The average Bonchev–Trinajstić information content (AvgIpc) is 2.95. The maximum Gasteiger partial charge on any atom is 0.168 e. The van der Waals surface area contributed by atoms with E-state index in [9.17, 15) is 0 Å². The predicted molar refractivity (Wildman–Crippen MR) is 89.4 cm³/mol. The largest absolute Gasteiger partial charge is 0.322 e. The van der Waals surface area contributed by atoms with Crippen molar-refractivity contribution < 1.29 is 0 Å². The summed E-state index contributed by atoms with van der Waals surface area (Å²) in [4.78, 5) is 4.51. The SMILES string of the molecule is Cn1c(-c2ccccc2)cnc1SCc1ccccc1C#N. The van der Waals surface area contributed by atoms with E-state index in [4.69, 9.17) is 5.26 Å². The van der Waals surface area contributed by atoms with Gasteiger partial charge < -0.3 is 4.57 Å². The zero-order valence-corrected chi connectivity index (χ0v) is 13.0. The van der Waals surface area contributed by atoms with Gasteiger partial charge in [0.15, 0.2) is 5.16 Å².